The minimum atomic E-state index is -0.920. The summed E-state index contributed by atoms with van der Waals surface area (Å²) in [6.07, 6.45) is 0.594. The van der Waals surface area contributed by atoms with Crippen LogP contribution in [0.5, 0.6) is 5.75 Å². The van der Waals surface area contributed by atoms with Gasteiger partial charge in [0.2, 0.25) is 5.78 Å². The van der Waals surface area contributed by atoms with E-state index in [1.807, 2.05) is 30.3 Å². The lowest BCUT2D eigenvalue weighted by Gasteiger charge is -2.24. The maximum atomic E-state index is 12.8. The number of ketones is 1. The van der Waals surface area contributed by atoms with Gasteiger partial charge in [0.25, 0.3) is 0 Å². The van der Waals surface area contributed by atoms with Crippen molar-refractivity contribution in [1.82, 2.24) is 0 Å². The van der Waals surface area contributed by atoms with Crippen molar-refractivity contribution in [2.75, 3.05) is 0 Å². The molecular formula is C25H24O6. The first-order valence-corrected chi connectivity index (χ1v) is 10.7. The van der Waals surface area contributed by atoms with Crippen LogP contribution in [0.15, 0.2) is 54.6 Å². The number of benzene rings is 2. The van der Waals surface area contributed by atoms with E-state index < -0.39 is 23.9 Å². The predicted octanol–water partition coefficient (Wildman–Crippen LogP) is 3.58. The third-order valence-corrected chi connectivity index (χ3v) is 6.80. The summed E-state index contributed by atoms with van der Waals surface area (Å²) >= 11 is 0. The lowest BCUT2D eigenvalue weighted by atomic mass is 9.80. The van der Waals surface area contributed by atoms with Crippen molar-refractivity contribution in [2.45, 2.75) is 38.6 Å². The number of Topliss-reactive ketones (excluding diaryl/α,β-unsaturated/α-hetero) is 1. The summed E-state index contributed by atoms with van der Waals surface area (Å²) in [6.45, 7) is 2.01. The SMILES string of the molecule is C[C@H](OC(=O)[C@@H]1[C@@H]2C[C@@H]3[C@@H]1C(=O)O[C@H]3C2)C(=O)c1ccc(OCc2ccccc2)cc1. The first-order chi connectivity index (χ1) is 15.0. The number of hydrogen-bond acceptors (Lipinski definition) is 6. The lowest BCUT2D eigenvalue weighted by Crippen LogP contribution is -2.36. The molecule has 31 heavy (non-hydrogen) atoms. The number of hydrogen-bond donors (Lipinski definition) is 0. The predicted molar refractivity (Wildman–Crippen MR) is 110 cm³/mol. The van der Waals surface area contributed by atoms with Crippen LogP contribution in [0.1, 0.15) is 35.7 Å². The molecule has 2 aromatic carbocycles. The summed E-state index contributed by atoms with van der Waals surface area (Å²) in [4.78, 5) is 37.7. The van der Waals surface area contributed by atoms with Crippen molar-refractivity contribution in [1.29, 1.82) is 0 Å². The quantitative estimate of drug-likeness (QED) is 0.503. The Balaban J connectivity index is 1.18. The van der Waals surface area contributed by atoms with Gasteiger partial charge in [-0.15, -0.1) is 0 Å². The fraction of sp³-hybridized carbons (Fsp3) is 0.400. The van der Waals surface area contributed by atoms with Crippen molar-refractivity contribution in [3.63, 3.8) is 0 Å². The van der Waals surface area contributed by atoms with E-state index in [1.165, 1.54) is 0 Å². The molecule has 1 heterocycles. The van der Waals surface area contributed by atoms with E-state index in [9.17, 15) is 14.4 Å². The van der Waals surface area contributed by atoms with Gasteiger partial charge in [-0.3, -0.25) is 14.4 Å². The largest absolute Gasteiger partial charge is 0.489 e. The average Bonchev–Trinajstić information content (AvgIpc) is 3.41. The number of carbonyl (C=O) groups excluding carboxylic acids is 3. The van der Waals surface area contributed by atoms with Crippen LogP contribution in [0.25, 0.3) is 0 Å². The van der Waals surface area contributed by atoms with Crippen LogP contribution in [0.2, 0.25) is 0 Å². The van der Waals surface area contributed by atoms with Crippen LogP contribution in [0.3, 0.4) is 0 Å². The van der Waals surface area contributed by atoms with Gasteiger partial charge in [0.05, 0.1) is 11.8 Å². The van der Waals surface area contributed by atoms with Crippen LogP contribution in [0, 0.1) is 23.7 Å². The smallest absolute Gasteiger partial charge is 0.310 e. The van der Waals surface area contributed by atoms with E-state index >= 15 is 0 Å². The molecule has 0 spiro atoms. The van der Waals surface area contributed by atoms with Gasteiger partial charge >= 0.3 is 11.9 Å². The van der Waals surface area contributed by atoms with Crippen molar-refractivity contribution in [3.05, 3.63) is 65.7 Å². The van der Waals surface area contributed by atoms with Gasteiger partial charge in [0, 0.05) is 11.5 Å². The number of ether oxygens (including phenoxy) is 3. The van der Waals surface area contributed by atoms with Crippen molar-refractivity contribution < 1.29 is 28.6 Å². The maximum Gasteiger partial charge on any atom is 0.310 e. The summed E-state index contributed by atoms with van der Waals surface area (Å²) in [5.41, 5.74) is 1.50. The molecule has 0 radical (unpaired) electrons. The highest BCUT2D eigenvalue weighted by Gasteiger charge is 2.64. The second kappa shape index (κ2) is 7.84. The number of fused-ring (bicyclic) bond motifs is 1. The molecule has 2 aliphatic carbocycles. The fourth-order valence-corrected chi connectivity index (χ4v) is 5.32. The summed E-state index contributed by atoms with van der Waals surface area (Å²) in [5.74, 6) is -1.02. The Labute approximate surface area is 180 Å². The van der Waals surface area contributed by atoms with Gasteiger partial charge in [-0.05, 0) is 55.5 Å². The first-order valence-electron chi connectivity index (χ1n) is 10.7. The van der Waals surface area contributed by atoms with Gasteiger partial charge in [0.15, 0.2) is 6.10 Å². The van der Waals surface area contributed by atoms with Crippen molar-refractivity contribution in [3.8, 4) is 5.75 Å². The second-order valence-corrected chi connectivity index (χ2v) is 8.66. The summed E-state index contributed by atoms with van der Waals surface area (Å²) in [5, 5.41) is 0. The highest BCUT2D eigenvalue weighted by Crippen LogP contribution is 2.58. The number of rotatable bonds is 7. The van der Waals surface area contributed by atoms with E-state index in [0.29, 0.717) is 17.9 Å². The highest BCUT2D eigenvalue weighted by molar-refractivity contribution is 6.00. The fourth-order valence-electron chi connectivity index (χ4n) is 5.32. The minimum Gasteiger partial charge on any atom is -0.489 e. The van der Waals surface area contributed by atoms with Gasteiger partial charge in [-0.25, -0.2) is 0 Å². The third-order valence-electron chi connectivity index (χ3n) is 6.80. The monoisotopic (exact) mass is 420 g/mol. The molecule has 6 atom stereocenters. The lowest BCUT2D eigenvalue weighted by molar-refractivity contribution is -0.157. The van der Waals surface area contributed by atoms with Crippen LogP contribution >= 0.6 is 0 Å². The molecule has 0 unspecified atom stereocenters. The topological polar surface area (TPSA) is 78.9 Å². The molecular weight excluding hydrogens is 396 g/mol. The Kier molecular flexibility index (Phi) is 5.00. The number of carbonyl (C=O) groups is 3. The summed E-state index contributed by atoms with van der Waals surface area (Å²) < 4.78 is 16.6. The van der Waals surface area contributed by atoms with Crippen LogP contribution < -0.4 is 4.74 Å². The zero-order valence-electron chi connectivity index (χ0n) is 17.2. The van der Waals surface area contributed by atoms with Crippen molar-refractivity contribution in [2.24, 2.45) is 23.7 Å². The van der Waals surface area contributed by atoms with E-state index in [-0.39, 0.29) is 29.7 Å². The normalized spacial score (nSPS) is 28.8. The molecule has 0 N–H and O–H groups in total. The molecule has 5 rings (SSSR count). The average molecular weight is 420 g/mol. The Morgan fingerprint density at radius 3 is 2.55 bits per heavy atom. The van der Waals surface area contributed by atoms with Gasteiger partial charge in [0.1, 0.15) is 18.5 Å². The molecule has 3 fully saturated rings. The zero-order valence-corrected chi connectivity index (χ0v) is 17.2. The zero-order chi connectivity index (χ0) is 21.5. The molecule has 0 amide bonds. The first kappa shape index (κ1) is 19.8. The molecule has 1 saturated heterocycles. The molecule has 6 nitrogen and oxygen atoms in total. The second-order valence-electron chi connectivity index (χ2n) is 8.66. The summed E-state index contributed by atoms with van der Waals surface area (Å²) in [6, 6.07) is 16.6. The van der Waals surface area contributed by atoms with E-state index in [4.69, 9.17) is 14.2 Å². The Morgan fingerprint density at radius 2 is 1.81 bits per heavy atom. The molecule has 2 saturated carbocycles. The van der Waals surface area contributed by atoms with Crippen molar-refractivity contribution >= 4 is 17.7 Å². The molecule has 3 aliphatic rings. The van der Waals surface area contributed by atoms with Gasteiger partial charge < -0.3 is 14.2 Å². The standard InChI is InChI=1S/C25H24O6/c1-14(30-24(27)21-17-11-19-20(12-17)31-25(28)22(19)21)23(26)16-7-9-18(10-8-16)29-13-15-5-3-2-4-6-15/h2-10,14,17,19-22H,11-13H2,1H3/t14-,17+,19-,20-,21+,22-/m0/s1. The maximum absolute atomic E-state index is 12.8. The van der Waals surface area contributed by atoms with Crippen LogP contribution in [0.4, 0.5) is 0 Å². The van der Waals surface area contributed by atoms with Gasteiger partial charge in [-0.2, -0.15) is 0 Å². The van der Waals surface area contributed by atoms with Crippen LogP contribution in [-0.2, 0) is 25.7 Å². The Hall–Kier alpha value is -3.15. The highest BCUT2D eigenvalue weighted by atomic mass is 16.6. The molecule has 2 aromatic rings. The molecule has 1 aliphatic heterocycles. The number of esters is 2. The summed E-state index contributed by atoms with van der Waals surface area (Å²) in [7, 11) is 0. The minimum absolute atomic E-state index is 0.0340. The third kappa shape index (κ3) is 3.60. The Morgan fingerprint density at radius 1 is 1.06 bits per heavy atom. The molecule has 6 heteroatoms. The molecule has 2 bridgehead atoms. The Bertz CT molecular complexity index is 996. The van der Waals surface area contributed by atoms with Gasteiger partial charge in [-0.1, -0.05) is 30.3 Å². The molecule has 0 aromatic heterocycles. The van der Waals surface area contributed by atoms with E-state index in [1.54, 1.807) is 31.2 Å². The van der Waals surface area contributed by atoms with E-state index in [0.717, 1.165) is 18.4 Å². The van der Waals surface area contributed by atoms with Crippen LogP contribution in [-0.4, -0.2) is 29.9 Å². The molecule has 160 valence electrons. The van der Waals surface area contributed by atoms with E-state index in [2.05, 4.69) is 0 Å².